The second-order valence-corrected chi connectivity index (χ2v) is 6.42. The molecule has 0 saturated heterocycles. The van der Waals surface area contributed by atoms with E-state index in [0.29, 0.717) is 5.69 Å². The molecule has 106 valence electrons. The molecule has 0 fully saturated rings. The minimum atomic E-state index is -3.99. The van der Waals surface area contributed by atoms with Crippen LogP contribution in [0.3, 0.4) is 0 Å². The number of hydrogen-bond donors (Lipinski definition) is 2. The zero-order valence-electron chi connectivity index (χ0n) is 9.90. The minimum absolute atomic E-state index is 0.00760. The van der Waals surface area contributed by atoms with E-state index in [1.54, 1.807) is 0 Å². The molecule has 0 aliphatic heterocycles. The number of nitrogen functional groups attached to an aromatic ring is 1. The van der Waals surface area contributed by atoms with E-state index in [0.717, 1.165) is 12.1 Å². The van der Waals surface area contributed by atoms with Gasteiger partial charge >= 0.3 is 0 Å². The first-order valence-corrected chi connectivity index (χ1v) is 7.56. The summed E-state index contributed by atoms with van der Waals surface area (Å²) in [5.74, 6) is -0.664. The lowest BCUT2D eigenvalue weighted by molar-refractivity contribution is 0.595. The first-order chi connectivity index (χ1) is 9.29. The van der Waals surface area contributed by atoms with E-state index in [9.17, 15) is 12.8 Å². The smallest absolute Gasteiger partial charge is 0.262 e. The van der Waals surface area contributed by atoms with Crippen LogP contribution in [0.4, 0.5) is 15.8 Å². The van der Waals surface area contributed by atoms with Crippen molar-refractivity contribution in [3.63, 3.8) is 0 Å². The molecule has 0 atom stereocenters. The zero-order chi connectivity index (χ0) is 14.9. The van der Waals surface area contributed by atoms with Crippen molar-refractivity contribution in [3.05, 3.63) is 52.3 Å². The first kappa shape index (κ1) is 14.9. The number of halogens is 3. The summed E-state index contributed by atoms with van der Waals surface area (Å²) in [6.07, 6.45) is 0. The van der Waals surface area contributed by atoms with Crippen LogP contribution in [-0.4, -0.2) is 8.42 Å². The third-order valence-corrected chi connectivity index (χ3v) is 4.35. The number of rotatable bonds is 3. The van der Waals surface area contributed by atoms with Crippen molar-refractivity contribution in [2.45, 2.75) is 4.90 Å². The van der Waals surface area contributed by atoms with Crippen LogP contribution in [0.2, 0.25) is 10.0 Å². The Balaban J connectivity index is 2.44. The Hall–Kier alpha value is -1.50. The fourth-order valence-corrected chi connectivity index (χ4v) is 3.36. The molecule has 0 aliphatic rings. The molecule has 0 heterocycles. The molecule has 0 aliphatic carbocycles. The molecule has 0 unspecified atom stereocenters. The molecule has 0 amide bonds. The number of hydrogen-bond acceptors (Lipinski definition) is 3. The van der Waals surface area contributed by atoms with E-state index in [2.05, 4.69) is 4.72 Å². The van der Waals surface area contributed by atoms with Gasteiger partial charge in [-0.3, -0.25) is 4.72 Å². The molecule has 20 heavy (non-hydrogen) atoms. The summed E-state index contributed by atoms with van der Waals surface area (Å²) in [6, 6.07) is 7.29. The molecular weight excluding hydrogens is 326 g/mol. The molecule has 2 aromatic carbocycles. The summed E-state index contributed by atoms with van der Waals surface area (Å²) >= 11 is 11.8. The highest BCUT2D eigenvalue weighted by Gasteiger charge is 2.18. The molecule has 0 bridgehead atoms. The Kier molecular flexibility index (Phi) is 4.08. The maximum Gasteiger partial charge on any atom is 0.262 e. The summed E-state index contributed by atoms with van der Waals surface area (Å²) in [5, 5.41) is 0.102. The van der Waals surface area contributed by atoms with Crippen molar-refractivity contribution in [3.8, 4) is 0 Å². The van der Waals surface area contributed by atoms with Gasteiger partial charge in [-0.05, 0) is 30.3 Å². The number of anilines is 2. The molecule has 0 saturated carbocycles. The Bertz CT molecular complexity index is 743. The third-order valence-electron chi connectivity index (χ3n) is 2.41. The highest BCUT2D eigenvalue weighted by molar-refractivity contribution is 7.92. The quantitative estimate of drug-likeness (QED) is 0.843. The summed E-state index contributed by atoms with van der Waals surface area (Å²) in [5.41, 5.74) is 5.82. The Morgan fingerprint density at radius 3 is 2.25 bits per heavy atom. The molecule has 2 aromatic rings. The third kappa shape index (κ3) is 3.15. The Labute approximate surface area is 125 Å². The van der Waals surface area contributed by atoms with Crippen molar-refractivity contribution in [2.24, 2.45) is 0 Å². The van der Waals surface area contributed by atoms with Gasteiger partial charge in [0.05, 0.1) is 20.6 Å². The van der Waals surface area contributed by atoms with Gasteiger partial charge in [0.25, 0.3) is 10.0 Å². The summed E-state index contributed by atoms with van der Waals surface area (Å²) in [7, 11) is -3.99. The van der Waals surface area contributed by atoms with E-state index in [-0.39, 0.29) is 20.6 Å². The van der Waals surface area contributed by atoms with Gasteiger partial charge in [-0.15, -0.1) is 0 Å². The van der Waals surface area contributed by atoms with Crippen molar-refractivity contribution in [2.75, 3.05) is 10.5 Å². The van der Waals surface area contributed by atoms with E-state index >= 15 is 0 Å². The number of sulfonamides is 1. The predicted molar refractivity (Wildman–Crippen MR) is 78.1 cm³/mol. The van der Waals surface area contributed by atoms with Crippen LogP contribution < -0.4 is 10.5 Å². The van der Waals surface area contributed by atoms with Gasteiger partial charge in [-0.2, -0.15) is 0 Å². The van der Waals surface area contributed by atoms with E-state index in [1.165, 1.54) is 24.3 Å². The molecule has 0 radical (unpaired) electrons. The molecule has 4 nitrogen and oxygen atoms in total. The predicted octanol–water partition coefficient (Wildman–Crippen LogP) is 3.52. The SMILES string of the molecule is Nc1cc(Cl)c(NS(=O)(=O)c2cccc(F)c2)c(Cl)c1. The summed E-state index contributed by atoms with van der Waals surface area (Å²) in [6.45, 7) is 0. The molecule has 2 rings (SSSR count). The molecule has 0 spiro atoms. The lowest BCUT2D eigenvalue weighted by Gasteiger charge is -2.12. The zero-order valence-corrected chi connectivity index (χ0v) is 12.2. The van der Waals surface area contributed by atoms with E-state index in [4.69, 9.17) is 28.9 Å². The van der Waals surface area contributed by atoms with Gasteiger partial charge < -0.3 is 5.73 Å². The molecular formula is C12H9Cl2FN2O2S. The van der Waals surface area contributed by atoms with Gasteiger partial charge in [0.15, 0.2) is 0 Å². The monoisotopic (exact) mass is 334 g/mol. The van der Waals surface area contributed by atoms with Crippen LogP contribution in [0, 0.1) is 5.82 Å². The van der Waals surface area contributed by atoms with Crippen LogP contribution in [0.15, 0.2) is 41.3 Å². The van der Waals surface area contributed by atoms with Gasteiger partial charge in [0.1, 0.15) is 5.82 Å². The van der Waals surface area contributed by atoms with Crippen molar-refractivity contribution in [1.29, 1.82) is 0 Å². The lowest BCUT2D eigenvalue weighted by atomic mass is 10.3. The second kappa shape index (κ2) is 5.47. The average Bonchev–Trinajstić information content (AvgIpc) is 2.34. The summed E-state index contributed by atoms with van der Waals surface area (Å²) < 4.78 is 39.5. The standard InChI is InChI=1S/C12H9Cl2FN2O2S/c13-10-5-8(16)6-11(14)12(10)17-20(18,19)9-3-1-2-7(15)4-9/h1-6,17H,16H2. The first-order valence-electron chi connectivity index (χ1n) is 5.32. The summed E-state index contributed by atoms with van der Waals surface area (Å²) in [4.78, 5) is -0.235. The highest BCUT2D eigenvalue weighted by atomic mass is 35.5. The maximum absolute atomic E-state index is 13.1. The van der Waals surface area contributed by atoms with Crippen LogP contribution >= 0.6 is 23.2 Å². The van der Waals surface area contributed by atoms with Gasteiger partial charge in [-0.25, -0.2) is 12.8 Å². The molecule has 8 heteroatoms. The van der Waals surface area contributed by atoms with Crippen molar-refractivity contribution in [1.82, 2.24) is 0 Å². The van der Waals surface area contributed by atoms with Crippen molar-refractivity contribution < 1.29 is 12.8 Å². The topological polar surface area (TPSA) is 72.2 Å². The maximum atomic E-state index is 13.1. The average molecular weight is 335 g/mol. The number of nitrogens with two attached hydrogens (primary N) is 1. The Morgan fingerprint density at radius 1 is 1.10 bits per heavy atom. The second-order valence-electron chi connectivity index (χ2n) is 3.92. The molecule has 0 aromatic heterocycles. The number of nitrogens with one attached hydrogen (secondary N) is 1. The van der Waals surface area contributed by atoms with Gasteiger partial charge in [-0.1, -0.05) is 29.3 Å². The van der Waals surface area contributed by atoms with E-state index < -0.39 is 15.8 Å². The van der Waals surface area contributed by atoms with Gasteiger partial charge in [0.2, 0.25) is 0 Å². The van der Waals surface area contributed by atoms with Crippen LogP contribution in [0.1, 0.15) is 0 Å². The minimum Gasteiger partial charge on any atom is -0.399 e. The Morgan fingerprint density at radius 2 is 1.70 bits per heavy atom. The highest BCUT2D eigenvalue weighted by Crippen LogP contribution is 2.34. The number of benzene rings is 2. The van der Waals surface area contributed by atoms with Crippen LogP contribution in [0.25, 0.3) is 0 Å². The van der Waals surface area contributed by atoms with E-state index in [1.807, 2.05) is 0 Å². The van der Waals surface area contributed by atoms with Crippen molar-refractivity contribution >= 4 is 44.6 Å². The normalized spacial score (nSPS) is 11.3. The largest absolute Gasteiger partial charge is 0.399 e. The fraction of sp³-hybridized carbons (Fsp3) is 0. The van der Waals surface area contributed by atoms with Gasteiger partial charge in [0, 0.05) is 5.69 Å². The van der Waals surface area contributed by atoms with Crippen LogP contribution in [0.5, 0.6) is 0 Å². The van der Waals surface area contributed by atoms with Crippen LogP contribution in [-0.2, 0) is 10.0 Å². The molecule has 3 N–H and O–H groups in total. The fourth-order valence-electron chi connectivity index (χ4n) is 1.52. The lowest BCUT2D eigenvalue weighted by Crippen LogP contribution is -2.14.